The molecule has 2 rings (SSSR count). The van der Waals surface area contributed by atoms with E-state index in [9.17, 15) is 36.3 Å². The van der Waals surface area contributed by atoms with Crippen LogP contribution in [-0.4, -0.2) is 37.1 Å². The quantitative estimate of drug-likeness (QED) is 0.214. The number of halogens is 5. The maximum absolute atomic E-state index is 13.7. The summed E-state index contributed by atoms with van der Waals surface area (Å²) in [6, 6.07) is 6.21. The Labute approximate surface area is 178 Å². The predicted octanol–water partition coefficient (Wildman–Crippen LogP) is 4.19. The molecule has 0 fully saturated rings. The Hall–Kier alpha value is -3.76. The molecule has 11 heteroatoms. The number of hydrogen-bond donors (Lipinski definition) is 0. The van der Waals surface area contributed by atoms with Gasteiger partial charge in [0.2, 0.25) is 5.82 Å². The van der Waals surface area contributed by atoms with E-state index < -0.39 is 52.5 Å². The highest BCUT2D eigenvalue weighted by Crippen LogP contribution is 2.24. The van der Waals surface area contributed by atoms with Crippen molar-refractivity contribution in [1.29, 1.82) is 0 Å². The second-order valence-corrected chi connectivity index (χ2v) is 6.39. The first-order chi connectivity index (χ1) is 15.0. The highest BCUT2D eigenvalue weighted by atomic mass is 19.2. The molecule has 2 aromatic carbocycles. The van der Waals surface area contributed by atoms with Crippen molar-refractivity contribution in [2.45, 2.75) is 12.8 Å². The molecule has 170 valence electrons. The number of nitrogens with zero attached hydrogens (tertiary/aromatic N) is 1. The first-order valence-electron chi connectivity index (χ1n) is 8.86. The molecular formula is C21H16F5NO5. The Balaban J connectivity index is 2.05. The minimum Gasteiger partial charge on any atom is -0.465 e. The summed E-state index contributed by atoms with van der Waals surface area (Å²) < 4.78 is 71.6. The molecule has 1 amide bonds. The molecule has 0 aliphatic rings. The summed E-state index contributed by atoms with van der Waals surface area (Å²) in [7, 11) is 2.14. The Morgan fingerprint density at radius 1 is 0.875 bits per heavy atom. The molecule has 0 saturated carbocycles. The number of hydroxylamine groups is 2. The molecule has 6 nitrogen and oxygen atoms in total. The van der Waals surface area contributed by atoms with Crippen LogP contribution in [0.2, 0.25) is 0 Å². The van der Waals surface area contributed by atoms with Crippen molar-refractivity contribution in [2.24, 2.45) is 0 Å². The number of hydrogen-bond acceptors (Lipinski definition) is 5. The van der Waals surface area contributed by atoms with Crippen molar-refractivity contribution in [3.8, 4) is 0 Å². The zero-order valence-electron chi connectivity index (χ0n) is 16.8. The van der Waals surface area contributed by atoms with Gasteiger partial charge in [-0.25, -0.2) is 31.5 Å². The van der Waals surface area contributed by atoms with Gasteiger partial charge in [-0.2, -0.15) is 5.06 Å². The molecule has 0 aliphatic heterocycles. The molecular weight excluding hydrogens is 441 g/mol. The fourth-order valence-electron chi connectivity index (χ4n) is 2.55. The highest BCUT2D eigenvalue weighted by molar-refractivity contribution is 5.92. The van der Waals surface area contributed by atoms with Gasteiger partial charge in [0, 0.05) is 13.5 Å². The van der Waals surface area contributed by atoms with Crippen LogP contribution in [-0.2, 0) is 14.4 Å². The Morgan fingerprint density at radius 3 is 1.97 bits per heavy atom. The van der Waals surface area contributed by atoms with Gasteiger partial charge < -0.3 is 9.57 Å². The standard InChI is InChI=1S/C21H16F5NO5/c1-10(11-5-4-6-12(9-11)20(29)31-3)7-8-13(28)27(2)32-21(30)14-15(22)17(24)19(26)18(25)16(14)23/h4-6,9H,1,7-8H2,2-3H3. The van der Waals surface area contributed by atoms with Crippen LogP contribution in [0.5, 0.6) is 0 Å². The molecule has 0 aromatic heterocycles. The summed E-state index contributed by atoms with van der Waals surface area (Å²) in [4.78, 5) is 40.1. The lowest BCUT2D eigenvalue weighted by Crippen LogP contribution is -2.31. The monoisotopic (exact) mass is 457 g/mol. The lowest BCUT2D eigenvalue weighted by molar-refractivity contribution is -0.161. The number of carbonyl (C=O) groups excluding carboxylic acids is 3. The van der Waals surface area contributed by atoms with Gasteiger partial charge in [0.1, 0.15) is 5.56 Å². The maximum Gasteiger partial charge on any atom is 0.369 e. The molecule has 32 heavy (non-hydrogen) atoms. The van der Waals surface area contributed by atoms with Gasteiger partial charge in [0.15, 0.2) is 23.3 Å². The number of methoxy groups -OCH3 is 1. The van der Waals surface area contributed by atoms with E-state index in [0.29, 0.717) is 16.2 Å². The molecule has 0 radical (unpaired) electrons. The van der Waals surface area contributed by atoms with Gasteiger partial charge in [-0.15, -0.1) is 0 Å². The van der Waals surface area contributed by atoms with Crippen LogP contribution in [0.1, 0.15) is 39.1 Å². The van der Waals surface area contributed by atoms with Crippen LogP contribution in [0.3, 0.4) is 0 Å². The molecule has 0 saturated heterocycles. The van der Waals surface area contributed by atoms with Gasteiger partial charge in [0.25, 0.3) is 5.91 Å². The van der Waals surface area contributed by atoms with Crippen LogP contribution in [0.15, 0.2) is 30.8 Å². The summed E-state index contributed by atoms with van der Waals surface area (Å²) in [5, 5.41) is 0.304. The third-order valence-electron chi connectivity index (χ3n) is 4.32. The zero-order valence-corrected chi connectivity index (χ0v) is 16.8. The van der Waals surface area contributed by atoms with Crippen molar-refractivity contribution in [3.63, 3.8) is 0 Å². The van der Waals surface area contributed by atoms with Crippen molar-refractivity contribution in [2.75, 3.05) is 14.2 Å². The molecule has 0 bridgehead atoms. The van der Waals surface area contributed by atoms with Crippen molar-refractivity contribution < 1.29 is 45.9 Å². The number of esters is 1. The zero-order chi connectivity index (χ0) is 24.2. The number of rotatable bonds is 6. The summed E-state index contributed by atoms with van der Waals surface area (Å²) in [5.41, 5.74) is -0.609. The normalized spacial score (nSPS) is 10.5. The molecule has 0 atom stereocenters. The van der Waals surface area contributed by atoms with Gasteiger partial charge in [-0.05, 0) is 29.7 Å². The lowest BCUT2D eigenvalue weighted by atomic mass is 10.0. The molecule has 0 N–H and O–H groups in total. The van der Waals surface area contributed by atoms with Gasteiger partial charge in [0.05, 0.1) is 12.7 Å². The van der Waals surface area contributed by atoms with Crippen LogP contribution in [0.25, 0.3) is 5.57 Å². The second kappa shape index (κ2) is 10.0. The van der Waals surface area contributed by atoms with E-state index in [4.69, 9.17) is 0 Å². The van der Waals surface area contributed by atoms with E-state index in [1.807, 2.05) is 0 Å². The van der Waals surface area contributed by atoms with E-state index in [0.717, 1.165) is 7.05 Å². The molecule has 0 spiro atoms. The first-order valence-corrected chi connectivity index (χ1v) is 8.86. The SMILES string of the molecule is C=C(CCC(=O)N(C)OC(=O)c1c(F)c(F)c(F)c(F)c1F)c1cccc(C(=O)OC)c1. The van der Waals surface area contributed by atoms with E-state index >= 15 is 0 Å². The summed E-state index contributed by atoms with van der Waals surface area (Å²) in [6.45, 7) is 3.79. The molecule has 0 heterocycles. The predicted molar refractivity (Wildman–Crippen MR) is 100 cm³/mol. The molecule has 0 aliphatic carbocycles. The first kappa shape index (κ1) is 24.5. The Bertz CT molecular complexity index is 1070. The fraction of sp³-hybridized carbons (Fsp3) is 0.190. The van der Waals surface area contributed by atoms with Crippen LogP contribution < -0.4 is 0 Å². The van der Waals surface area contributed by atoms with Crippen molar-refractivity contribution >= 4 is 23.4 Å². The molecule has 2 aromatic rings. The number of benzene rings is 2. The highest BCUT2D eigenvalue weighted by Gasteiger charge is 2.32. The summed E-state index contributed by atoms with van der Waals surface area (Å²) >= 11 is 0. The van der Waals surface area contributed by atoms with Crippen molar-refractivity contribution in [1.82, 2.24) is 5.06 Å². The van der Waals surface area contributed by atoms with Crippen LogP contribution in [0.4, 0.5) is 22.0 Å². The smallest absolute Gasteiger partial charge is 0.369 e. The number of allylic oxidation sites excluding steroid dienone is 1. The third-order valence-corrected chi connectivity index (χ3v) is 4.32. The van der Waals surface area contributed by atoms with E-state index in [1.165, 1.54) is 19.2 Å². The average Bonchev–Trinajstić information content (AvgIpc) is 2.79. The second-order valence-electron chi connectivity index (χ2n) is 6.39. The van der Waals surface area contributed by atoms with E-state index in [2.05, 4.69) is 16.2 Å². The lowest BCUT2D eigenvalue weighted by Gasteiger charge is -2.17. The topological polar surface area (TPSA) is 72.9 Å². The minimum atomic E-state index is -2.43. The van der Waals surface area contributed by atoms with Gasteiger partial charge in [-0.1, -0.05) is 18.7 Å². The third kappa shape index (κ3) is 5.10. The summed E-state index contributed by atoms with van der Waals surface area (Å²) in [6.07, 6.45) is -0.254. The fourth-order valence-corrected chi connectivity index (χ4v) is 2.55. The summed E-state index contributed by atoms with van der Waals surface area (Å²) in [5.74, 6) is -15.2. The minimum absolute atomic E-state index is 0.0356. The Kier molecular flexibility index (Phi) is 7.68. The largest absolute Gasteiger partial charge is 0.465 e. The maximum atomic E-state index is 13.7. The van der Waals surface area contributed by atoms with E-state index in [-0.39, 0.29) is 18.4 Å². The number of carbonyl (C=O) groups is 3. The Morgan fingerprint density at radius 2 is 1.41 bits per heavy atom. The number of amides is 1. The molecule has 0 unspecified atom stereocenters. The average molecular weight is 457 g/mol. The van der Waals surface area contributed by atoms with Crippen LogP contribution >= 0.6 is 0 Å². The van der Waals surface area contributed by atoms with Gasteiger partial charge >= 0.3 is 11.9 Å². The van der Waals surface area contributed by atoms with Crippen molar-refractivity contribution in [3.05, 3.63) is 76.6 Å². The number of ether oxygens (including phenoxy) is 1. The van der Waals surface area contributed by atoms with E-state index in [1.54, 1.807) is 12.1 Å². The van der Waals surface area contributed by atoms with Gasteiger partial charge in [-0.3, -0.25) is 4.79 Å². The van der Waals surface area contributed by atoms with Crippen LogP contribution in [0, 0.1) is 29.1 Å².